The van der Waals surface area contributed by atoms with Crippen molar-refractivity contribution in [3.05, 3.63) is 65.5 Å². The van der Waals surface area contributed by atoms with Gasteiger partial charge in [0, 0.05) is 37.5 Å². The molecule has 1 heterocycles. The molecule has 2 rings (SSSR count). The molecule has 0 aliphatic rings. The van der Waals surface area contributed by atoms with Gasteiger partial charge < -0.3 is 10.6 Å². The van der Waals surface area contributed by atoms with Crippen molar-refractivity contribution in [3.63, 3.8) is 0 Å². The average Bonchev–Trinajstić information content (AvgIpc) is 2.54. The molecular formula is C17H21N3O. The van der Waals surface area contributed by atoms with Crippen LogP contribution in [0.15, 0.2) is 48.7 Å². The summed E-state index contributed by atoms with van der Waals surface area (Å²) in [5.41, 5.74) is 8.38. The minimum Gasteiger partial charge on any atom is -0.341 e. The van der Waals surface area contributed by atoms with Gasteiger partial charge in [-0.2, -0.15) is 0 Å². The zero-order valence-electron chi connectivity index (χ0n) is 12.3. The Morgan fingerprint density at radius 1 is 1.14 bits per heavy atom. The van der Waals surface area contributed by atoms with E-state index >= 15 is 0 Å². The third kappa shape index (κ3) is 4.39. The van der Waals surface area contributed by atoms with Gasteiger partial charge in [0.05, 0.1) is 0 Å². The number of amides is 1. The summed E-state index contributed by atoms with van der Waals surface area (Å²) < 4.78 is 0. The Bertz CT molecular complexity index is 566. The highest BCUT2D eigenvalue weighted by atomic mass is 16.2. The van der Waals surface area contributed by atoms with Crippen molar-refractivity contribution in [1.29, 1.82) is 0 Å². The van der Waals surface area contributed by atoms with Crippen LogP contribution in [-0.4, -0.2) is 35.9 Å². The van der Waals surface area contributed by atoms with Gasteiger partial charge in [-0.3, -0.25) is 9.78 Å². The Morgan fingerprint density at radius 3 is 2.52 bits per heavy atom. The second-order valence-electron chi connectivity index (χ2n) is 5.03. The summed E-state index contributed by atoms with van der Waals surface area (Å²) in [4.78, 5) is 18.3. The summed E-state index contributed by atoms with van der Waals surface area (Å²) >= 11 is 0. The molecule has 0 saturated heterocycles. The quantitative estimate of drug-likeness (QED) is 0.881. The fourth-order valence-electron chi connectivity index (χ4n) is 2.13. The lowest BCUT2D eigenvalue weighted by Crippen LogP contribution is -2.29. The minimum absolute atomic E-state index is 0.0326. The molecule has 1 amide bonds. The molecule has 0 saturated carbocycles. The van der Waals surface area contributed by atoms with Crippen molar-refractivity contribution in [2.75, 3.05) is 20.1 Å². The van der Waals surface area contributed by atoms with Crippen molar-refractivity contribution in [3.8, 4) is 0 Å². The van der Waals surface area contributed by atoms with Crippen LogP contribution in [0.4, 0.5) is 0 Å². The fraction of sp³-hybridized carbons (Fsp3) is 0.294. The van der Waals surface area contributed by atoms with Gasteiger partial charge in [0.2, 0.25) is 0 Å². The van der Waals surface area contributed by atoms with Crippen LogP contribution in [0.1, 0.15) is 21.6 Å². The number of hydrogen-bond donors (Lipinski definition) is 1. The van der Waals surface area contributed by atoms with Crippen LogP contribution in [0.2, 0.25) is 0 Å². The summed E-state index contributed by atoms with van der Waals surface area (Å²) in [6.07, 6.45) is 3.37. The van der Waals surface area contributed by atoms with Crippen molar-refractivity contribution >= 4 is 5.91 Å². The number of carbonyl (C=O) groups excluding carboxylic acids is 1. The van der Waals surface area contributed by atoms with Gasteiger partial charge >= 0.3 is 0 Å². The largest absolute Gasteiger partial charge is 0.341 e. The van der Waals surface area contributed by atoms with Crippen LogP contribution in [0.3, 0.4) is 0 Å². The number of nitrogens with two attached hydrogens (primary N) is 1. The number of likely N-dealkylation sites (N-methyl/N-ethyl adjacent to an activating group) is 1. The van der Waals surface area contributed by atoms with Crippen molar-refractivity contribution in [2.24, 2.45) is 5.73 Å². The molecule has 0 bridgehead atoms. The van der Waals surface area contributed by atoms with Crippen LogP contribution >= 0.6 is 0 Å². The Hall–Kier alpha value is -2.20. The van der Waals surface area contributed by atoms with Gasteiger partial charge in [0.25, 0.3) is 5.91 Å². The van der Waals surface area contributed by atoms with E-state index in [1.165, 1.54) is 0 Å². The number of pyridine rings is 1. The van der Waals surface area contributed by atoms with Gasteiger partial charge in [0.15, 0.2) is 0 Å². The summed E-state index contributed by atoms with van der Waals surface area (Å²) in [6.45, 7) is 1.28. The lowest BCUT2D eigenvalue weighted by atomic mass is 10.1. The van der Waals surface area contributed by atoms with Crippen LogP contribution in [0, 0.1) is 0 Å². The maximum absolute atomic E-state index is 12.3. The zero-order chi connectivity index (χ0) is 15.1. The number of rotatable bonds is 6. The standard InChI is InChI=1S/C17H21N3O/c1-20(13-10-16-4-2-3-12-19-16)17(21)15-7-5-14(6-8-15)9-11-18/h2-8,12H,9-11,13,18H2,1H3. The molecule has 0 aliphatic heterocycles. The Morgan fingerprint density at radius 2 is 1.90 bits per heavy atom. The van der Waals surface area contributed by atoms with Crippen molar-refractivity contribution < 1.29 is 4.79 Å². The van der Waals surface area contributed by atoms with Crippen LogP contribution in [-0.2, 0) is 12.8 Å². The van der Waals surface area contributed by atoms with Gasteiger partial charge in [0.1, 0.15) is 0 Å². The van der Waals surface area contributed by atoms with E-state index in [2.05, 4.69) is 4.98 Å². The number of benzene rings is 1. The summed E-state index contributed by atoms with van der Waals surface area (Å²) in [7, 11) is 1.82. The van der Waals surface area contributed by atoms with Crippen LogP contribution < -0.4 is 5.73 Å². The van der Waals surface area contributed by atoms with Gasteiger partial charge in [-0.25, -0.2) is 0 Å². The molecule has 0 atom stereocenters. The second kappa shape index (κ2) is 7.55. The van der Waals surface area contributed by atoms with Gasteiger partial charge in [-0.15, -0.1) is 0 Å². The lowest BCUT2D eigenvalue weighted by Gasteiger charge is -2.17. The minimum atomic E-state index is 0.0326. The van der Waals surface area contributed by atoms with E-state index in [9.17, 15) is 4.79 Å². The van der Waals surface area contributed by atoms with E-state index in [1.54, 1.807) is 11.1 Å². The van der Waals surface area contributed by atoms with Crippen LogP contribution in [0.25, 0.3) is 0 Å². The average molecular weight is 283 g/mol. The van der Waals surface area contributed by atoms with Gasteiger partial charge in [-0.1, -0.05) is 18.2 Å². The smallest absolute Gasteiger partial charge is 0.253 e. The Kier molecular flexibility index (Phi) is 5.46. The topological polar surface area (TPSA) is 59.2 Å². The highest BCUT2D eigenvalue weighted by Gasteiger charge is 2.11. The first kappa shape index (κ1) is 15.2. The second-order valence-corrected chi connectivity index (χ2v) is 5.03. The lowest BCUT2D eigenvalue weighted by molar-refractivity contribution is 0.0796. The predicted molar refractivity (Wildman–Crippen MR) is 84.1 cm³/mol. The first-order valence-electron chi connectivity index (χ1n) is 7.15. The zero-order valence-corrected chi connectivity index (χ0v) is 12.3. The summed E-state index contributed by atoms with van der Waals surface area (Å²) in [5.74, 6) is 0.0326. The highest BCUT2D eigenvalue weighted by molar-refractivity contribution is 5.94. The first-order chi connectivity index (χ1) is 10.2. The van der Waals surface area contributed by atoms with Gasteiger partial charge in [-0.05, 0) is 42.8 Å². The van der Waals surface area contributed by atoms with Crippen LogP contribution in [0.5, 0.6) is 0 Å². The normalized spacial score (nSPS) is 10.4. The molecular weight excluding hydrogens is 262 g/mol. The number of hydrogen-bond acceptors (Lipinski definition) is 3. The van der Waals surface area contributed by atoms with E-state index in [4.69, 9.17) is 5.73 Å². The molecule has 4 heteroatoms. The molecule has 2 N–H and O–H groups in total. The number of aromatic nitrogens is 1. The van der Waals surface area contributed by atoms with Crippen molar-refractivity contribution in [2.45, 2.75) is 12.8 Å². The Labute approximate surface area is 125 Å². The van der Waals surface area contributed by atoms with E-state index in [0.717, 1.165) is 24.1 Å². The molecule has 1 aromatic heterocycles. The molecule has 0 fully saturated rings. The number of nitrogens with zero attached hydrogens (tertiary/aromatic N) is 2. The Balaban J connectivity index is 1.92. The van der Waals surface area contributed by atoms with E-state index in [1.807, 2.05) is 49.5 Å². The molecule has 21 heavy (non-hydrogen) atoms. The third-order valence-electron chi connectivity index (χ3n) is 3.41. The predicted octanol–water partition coefficient (Wildman–Crippen LogP) is 1.90. The number of carbonyl (C=O) groups is 1. The van der Waals surface area contributed by atoms with E-state index < -0.39 is 0 Å². The van der Waals surface area contributed by atoms with E-state index in [0.29, 0.717) is 18.7 Å². The molecule has 0 spiro atoms. The highest BCUT2D eigenvalue weighted by Crippen LogP contribution is 2.08. The molecule has 0 unspecified atom stereocenters. The molecule has 0 radical (unpaired) electrons. The molecule has 4 nitrogen and oxygen atoms in total. The molecule has 1 aromatic carbocycles. The molecule has 110 valence electrons. The first-order valence-corrected chi connectivity index (χ1v) is 7.15. The molecule has 0 aliphatic carbocycles. The summed E-state index contributed by atoms with van der Waals surface area (Å²) in [6, 6.07) is 13.5. The maximum atomic E-state index is 12.3. The monoisotopic (exact) mass is 283 g/mol. The fourth-order valence-corrected chi connectivity index (χ4v) is 2.13. The SMILES string of the molecule is CN(CCc1ccccn1)C(=O)c1ccc(CCN)cc1. The molecule has 2 aromatic rings. The van der Waals surface area contributed by atoms with Crippen molar-refractivity contribution in [1.82, 2.24) is 9.88 Å². The summed E-state index contributed by atoms with van der Waals surface area (Å²) in [5, 5.41) is 0. The maximum Gasteiger partial charge on any atom is 0.253 e. The third-order valence-corrected chi connectivity index (χ3v) is 3.41. The van der Waals surface area contributed by atoms with E-state index in [-0.39, 0.29) is 5.91 Å².